The van der Waals surface area contributed by atoms with E-state index in [9.17, 15) is 37.6 Å². The molecule has 0 aliphatic carbocycles. The van der Waals surface area contributed by atoms with Crippen LogP contribution in [0.15, 0.2) is 64.5 Å². The van der Waals surface area contributed by atoms with E-state index >= 15 is 0 Å². The highest BCUT2D eigenvalue weighted by Crippen LogP contribution is 2.24. The van der Waals surface area contributed by atoms with Gasteiger partial charge in [-0.15, -0.1) is 11.3 Å². The molecule has 0 saturated carbocycles. The van der Waals surface area contributed by atoms with Crippen LogP contribution in [0.3, 0.4) is 0 Å². The number of rotatable bonds is 12. The predicted molar refractivity (Wildman–Crippen MR) is 160 cm³/mol. The van der Waals surface area contributed by atoms with Crippen LogP contribution in [0, 0.1) is 17.2 Å². The van der Waals surface area contributed by atoms with E-state index in [0.717, 1.165) is 11.3 Å². The number of methoxy groups -OCH3 is 1. The topological polar surface area (TPSA) is 137 Å². The van der Waals surface area contributed by atoms with Gasteiger partial charge in [0.2, 0.25) is 11.8 Å². The molecule has 0 spiro atoms. The number of carbonyl (C=O) groups is 4. The summed E-state index contributed by atoms with van der Waals surface area (Å²) >= 11 is 4.41. The van der Waals surface area contributed by atoms with E-state index in [0.29, 0.717) is 20.7 Å². The summed E-state index contributed by atoms with van der Waals surface area (Å²) in [7, 11) is 1.41. The van der Waals surface area contributed by atoms with Crippen LogP contribution >= 0.6 is 27.3 Å². The fourth-order valence-electron chi connectivity index (χ4n) is 4.17. The summed E-state index contributed by atoms with van der Waals surface area (Å²) in [6.07, 6.45) is -5.29. The van der Waals surface area contributed by atoms with Crippen molar-refractivity contribution in [2.24, 2.45) is 5.92 Å². The van der Waals surface area contributed by atoms with E-state index < -0.39 is 53.7 Å². The van der Waals surface area contributed by atoms with Gasteiger partial charge in [-0.1, -0.05) is 38.1 Å². The molecule has 0 aliphatic rings. The molecule has 3 N–H and O–H groups in total. The highest BCUT2D eigenvalue weighted by molar-refractivity contribution is 9.11. The molecule has 0 bridgehead atoms. The summed E-state index contributed by atoms with van der Waals surface area (Å²) < 4.78 is 45.7. The molecule has 0 radical (unpaired) electrons. The molecule has 44 heavy (non-hydrogen) atoms. The van der Waals surface area contributed by atoms with Gasteiger partial charge in [-0.2, -0.15) is 18.4 Å². The lowest BCUT2D eigenvalue weighted by Gasteiger charge is -2.27. The Kier molecular flexibility index (Phi) is 11.7. The van der Waals surface area contributed by atoms with E-state index in [4.69, 9.17) is 4.74 Å². The molecule has 232 valence electrons. The van der Waals surface area contributed by atoms with Gasteiger partial charge in [-0.25, -0.2) is 0 Å². The number of Topliss-reactive ketones (excluding diaryl/α,β-unsaturated/α-hetero) is 1. The molecule has 1 heterocycles. The lowest BCUT2D eigenvalue weighted by atomic mass is 9.97. The largest absolute Gasteiger partial charge is 0.497 e. The van der Waals surface area contributed by atoms with E-state index in [2.05, 4.69) is 31.9 Å². The Morgan fingerprint density at radius 2 is 1.66 bits per heavy atom. The highest BCUT2D eigenvalue weighted by Gasteiger charge is 2.45. The Morgan fingerprint density at radius 3 is 2.20 bits per heavy atom. The van der Waals surface area contributed by atoms with Crippen molar-refractivity contribution in [1.29, 1.82) is 5.26 Å². The van der Waals surface area contributed by atoms with E-state index in [1.165, 1.54) is 51.3 Å². The van der Waals surface area contributed by atoms with Crippen molar-refractivity contribution >= 4 is 50.8 Å². The average molecular weight is 694 g/mol. The number of hydrogen-bond donors (Lipinski definition) is 3. The number of ether oxygens (including phenoxy) is 1. The first-order valence-corrected chi connectivity index (χ1v) is 14.8. The first kappa shape index (κ1) is 34.3. The molecule has 3 amide bonds. The summed E-state index contributed by atoms with van der Waals surface area (Å²) in [4.78, 5) is 52.7. The zero-order chi connectivity index (χ0) is 32.6. The zero-order valence-electron chi connectivity index (χ0n) is 23.7. The monoisotopic (exact) mass is 692 g/mol. The second kappa shape index (κ2) is 15.0. The number of nitrogens with one attached hydrogen (secondary N) is 3. The average Bonchev–Trinajstić information content (AvgIpc) is 3.43. The highest BCUT2D eigenvalue weighted by atomic mass is 79.9. The number of amides is 3. The van der Waals surface area contributed by atoms with Gasteiger partial charge >= 0.3 is 6.18 Å². The predicted octanol–water partition coefficient (Wildman–Crippen LogP) is 4.86. The Hall–Kier alpha value is -4.22. The van der Waals surface area contributed by atoms with Crippen LogP contribution in [0.1, 0.15) is 46.3 Å². The summed E-state index contributed by atoms with van der Waals surface area (Å²) in [5.74, 6) is -5.14. The molecule has 14 heteroatoms. The Morgan fingerprint density at radius 1 is 0.977 bits per heavy atom. The number of carbonyl (C=O) groups excluding carboxylic acids is 4. The van der Waals surface area contributed by atoms with Gasteiger partial charge in [-0.3, -0.25) is 19.2 Å². The summed E-state index contributed by atoms with van der Waals surface area (Å²) in [5, 5.41) is 16.6. The zero-order valence-corrected chi connectivity index (χ0v) is 26.1. The maximum atomic E-state index is 13.7. The van der Waals surface area contributed by atoms with Crippen LogP contribution in [0.4, 0.5) is 13.2 Å². The first-order valence-electron chi connectivity index (χ1n) is 13.1. The first-order chi connectivity index (χ1) is 20.7. The van der Waals surface area contributed by atoms with Gasteiger partial charge in [0, 0.05) is 6.42 Å². The number of ketones is 1. The molecule has 1 aromatic heterocycles. The molecule has 3 atom stereocenters. The second-order valence-corrected chi connectivity index (χ2v) is 12.4. The third-order valence-electron chi connectivity index (χ3n) is 6.44. The lowest BCUT2D eigenvalue weighted by Crippen LogP contribution is -2.55. The van der Waals surface area contributed by atoms with Crippen LogP contribution in [0.5, 0.6) is 5.75 Å². The third kappa shape index (κ3) is 9.14. The summed E-state index contributed by atoms with van der Waals surface area (Å²) in [6.45, 7) is 2.69. The fraction of sp³-hybridized carbons (Fsp3) is 0.300. The fourth-order valence-corrected chi connectivity index (χ4v) is 5.46. The molecule has 9 nitrogen and oxygen atoms in total. The molecule has 0 fully saturated rings. The van der Waals surface area contributed by atoms with Crippen molar-refractivity contribution in [2.75, 3.05) is 7.11 Å². The van der Waals surface area contributed by atoms with Gasteiger partial charge in [0.25, 0.3) is 11.7 Å². The van der Waals surface area contributed by atoms with Crippen molar-refractivity contribution in [3.63, 3.8) is 0 Å². The van der Waals surface area contributed by atoms with Crippen LogP contribution in [0.25, 0.3) is 0 Å². The number of benzene rings is 2. The molecular weight excluding hydrogens is 665 g/mol. The van der Waals surface area contributed by atoms with Crippen molar-refractivity contribution in [1.82, 2.24) is 16.0 Å². The van der Waals surface area contributed by atoms with E-state index in [1.54, 1.807) is 30.3 Å². The standard InChI is InChI=1S/C30H28BrF3N4O5S/c1-16(2)24(26(39)30(32,33)34)37-29(42)25(19-7-9-20(43-3)10-8-19)38-27(40)21(14-17-5-4-6-18(13-17)15-35)36-28(41)22-11-12-23(31)44-22/h4-13,16,21,24-25H,14H2,1-3H3,(H,36,41)(H,37,42)(H,38,40)/t21-,24-,25-/m0/s1. The number of thiophene rings is 1. The SMILES string of the molecule is COc1ccc([C@H](NC(=O)[C@H](Cc2cccc(C#N)c2)NC(=O)c2ccc(Br)s2)C(=O)N[C@H](C(=O)C(F)(F)F)C(C)C)cc1. The molecule has 2 aromatic carbocycles. The third-order valence-corrected chi connectivity index (χ3v) is 8.06. The molecular formula is C30H28BrF3N4O5S. The lowest BCUT2D eigenvalue weighted by molar-refractivity contribution is -0.175. The smallest absolute Gasteiger partial charge is 0.452 e. The van der Waals surface area contributed by atoms with Crippen molar-refractivity contribution in [3.05, 3.63) is 86.0 Å². The van der Waals surface area contributed by atoms with Crippen LogP contribution in [-0.4, -0.2) is 48.9 Å². The molecule has 0 aliphatic heterocycles. The Bertz CT molecular complexity index is 1550. The van der Waals surface area contributed by atoms with E-state index in [-0.39, 0.29) is 16.9 Å². The van der Waals surface area contributed by atoms with Crippen molar-refractivity contribution < 1.29 is 37.1 Å². The second-order valence-electron chi connectivity index (χ2n) is 9.95. The summed E-state index contributed by atoms with van der Waals surface area (Å²) in [6, 6.07) is 12.7. The van der Waals surface area contributed by atoms with Gasteiger partial charge < -0.3 is 20.7 Å². The van der Waals surface area contributed by atoms with Crippen molar-refractivity contribution in [3.8, 4) is 11.8 Å². The number of nitrogens with zero attached hydrogens (tertiary/aromatic N) is 1. The molecule has 0 unspecified atom stereocenters. The Labute approximate surface area is 263 Å². The number of nitriles is 1. The Balaban J connectivity index is 1.97. The normalized spacial score (nSPS) is 13.2. The van der Waals surface area contributed by atoms with Crippen LogP contribution in [0.2, 0.25) is 0 Å². The van der Waals surface area contributed by atoms with Crippen LogP contribution < -0.4 is 20.7 Å². The number of halogens is 4. The summed E-state index contributed by atoms with van der Waals surface area (Å²) in [5.41, 5.74) is 1.02. The molecule has 3 rings (SSSR count). The van der Waals surface area contributed by atoms with E-state index in [1.807, 2.05) is 6.07 Å². The maximum Gasteiger partial charge on any atom is 0.452 e. The molecule has 0 saturated heterocycles. The van der Waals surface area contributed by atoms with Gasteiger partial charge in [0.15, 0.2) is 0 Å². The molecule has 3 aromatic rings. The van der Waals surface area contributed by atoms with Crippen LogP contribution in [-0.2, 0) is 20.8 Å². The number of hydrogen-bond acceptors (Lipinski definition) is 7. The quantitative estimate of drug-likeness (QED) is 0.248. The minimum Gasteiger partial charge on any atom is -0.497 e. The number of alkyl halides is 3. The van der Waals surface area contributed by atoms with Gasteiger partial charge in [0.1, 0.15) is 17.8 Å². The van der Waals surface area contributed by atoms with Gasteiger partial charge in [0.05, 0.1) is 33.4 Å². The van der Waals surface area contributed by atoms with Gasteiger partial charge in [-0.05, 0) is 69.4 Å². The minimum absolute atomic E-state index is 0.0855. The maximum absolute atomic E-state index is 13.7. The van der Waals surface area contributed by atoms with Crippen molar-refractivity contribution in [2.45, 2.75) is 44.6 Å². The minimum atomic E-state index is -5.20.